The molecule has 1 aromatic heterocycles. The van der Waals surface area contributed by atoms with Crippen molar-refractivity contribution in [3.8, 4) is 0 Å². The fraction of sp³-hybridized carbons (Fsp3) is 0.500. The monoisotopic (exact) mass is 323 g/mol. The molecular formula is C16H21NO2S2. The first kappa shape index (κ1) is 15.0. The Bertz CT molecular complexity index is 721. The summed E-state index contributed by atoms with van der Waals surface area (Å²) in [7, 11) is -2.93. The molecule has 0 radical (unpaired) electrons. The van der Waals surface area contributed by atoms with Crippen LogP contribution in [-0.2, 0) is 16.3 Å². The third-order valence-electron chi connectivity index (χ3n) is 4.36. The van der Waals surface area contributed by atoms with E-state index in [0.717, 1.165) is 32.2 Å². The summed E-state index contributed by atoms with van der Waals surface area (Å²) in [5, 5.41) is 6.82. The van der Waals surface area contributed by atoms with Crippen LogP contribution in [0.3, 0.4) is 0 Å². The zero-order valence-electron chi connectivity index (χ0n) is 12.2. The smallest absolute Gasteiger partial charge is 0.151 e. The molecule has 1 fully saturated rings. The average molecular weight is 323 g/mol. The summed E-state index contributed by atoms with van der Waals surface area (Å²) in [6.07, 6.45) is 5.11. The molecule has 1 heterocycles. The first-order valence-corrected chi connectivity index (χ1v) is 10.3. The highest BCUT2D eigenvalue weighted by Crippen LogP contribution is 2.27. The molecular weight excluding hydrogens is 302 g/mol. The Morgan fingerprint density at radius 1 is 1.29 bits per heavy atom. The van der Waals surface area contributed by atoms with Crippen LogP contribution in [0.1, 0.15) is 24.8 Å². The SMILES string of the molecule is CS(=O)(=O)C1CCCC1NCCc1csc2ccccc12. The maximum absolute atomic E-state index is 11.8. The summed E-state index contributed by atoms with van der Waals surface area (Å²) in [4.78, 5) is 0. The Morgan fingerprint density at radius 2 is 2.10 bits per heavy atom. The van der Waals surface area contributed by atoms with Gasteiger partial charge in [0.15, 0.2) is 9.84 Å². The van der Waals surface area contributed by atoms with E-state index < -0.39 is 9.84 Å². The third kappa shape index (κ3) is 3.30. The lowest BCUT2D eigenvalue weighted by atomic mass is 10.1. The standard InChI is InChI=1S/C16H21NO2S2/c1-21(18,19)16-8-4-6-14(16)17-10-9-12-11-20-15-7-3-2-5-13(12)15/h2-3,5,7,11,14,16-17H,4,6,8-10H2,1H3. The van der Waals surface area contributed by atoms with E-state index in [2.05, 4.69) is 35.0 Å². The van der Waals surface area contributed by atoms with Crippen LogP contribution in [0.15, 0.2) is 29.6 Å². The van der Waals surface area contributed by atoms with Gasteiger partial charge in [-0.1, -0.05) is 24.6 Å². The van der Waals surface area contributed by atoms with E-state index in [0.29, 0.717) is 0 Å². The second kappa shape index (κ2) is 6.07. The molecule has 0 amide bonds. The number of nitrogens with one attached hydrogen (secondary N) is 1. The molecule has 0 spiro atoms. The van der Waals surface area contributed by atoms with Gasteiger partial charge in [-0.2, -0.15) is 0 Å². The number of rotatable bonds is 5. The molecule has 1 aromatic carbocycles. The van der Waals surface area contributed by atoms with Gasteiger partial charge in [0.2, 0.25) is 0 Å². The number of fused-ring (bicyclic) bond motifs is 1. The second-order valence-corrected chi connectivity index (χ2v) is 9.04. The number of sulfone groups is 1. The summed E-state index contributed by atoms with van der Waals surface area (Å²) in [5.41, 5.74) is 1.36. The highest BCUT2D eigenvalue weighted by Gasteiger charge is 2.34. The maximum atomic E-state index is 11.8. The van der Waals surface area contributed by atoms with Crippen molar-refractivity contribution in [2.45, 2.75) is 37.0 Å². The summed E-state index contributed by atoms with van der Waals surface area (Å²) in [5.74, 6) is 0. The van der Waals surface area contributed by atoms with Crippen molar-refractivity contribution in [3.05, 3.63) is 35.2 Å². The van der Waals surface area contributed by atoms with E-state index in [1.807, 2.05) is 0 Å². The Labute approximate surface area is 130 Å². The van der Waals surface area contributed by atoms with Gasteiger partial charge in [0.25, 0.3) is 0 Å². The molecule has 0 saturated heterocycles. The van der Waals surface area contributed by atoms with Crippen molar-refractivity contribution in [1.29, 1.82) is 0 Å². The normalized spacial score (nSPS) is 22.9. The van der Waals surface area contributed by atoms with Crippen LogP contribution in [0.5, 0.6) is 0 Å². The van der Waals surface area contributed by atoms with Crippen molar-refractivity contribution in [2.24, 2.45) is 0 Å². The summed E-state index contributed by atoms with van der Waals surface area (Å²) < 4.78 is 24.9. The third-order valence-corrected chi connectivity index (χ3v) is 7.04. The molecule has 0 aliphatic heterocycles. The predicted molar refractivity (Wildman–Crippen MR) is 89.8 cm³/mol. The lowest BCUT2D eigenvalue weighted by Gasteiger charge is -2.19. The lowest BCUT2D eigenvalue weighted by Crippen LogP contribution is -2.40. The van der Waals surface area contributed by atoms with E-state index >= 15 is 0 Å². The molecule has 1 aliphatic carbocycles. The molecule has 2 unspecified atom stereocenters. The summed E-state index contributed by atoms with van der Waals surface area (Å²) in [6.45, 7) is 0.845. The molecule has 2 aromatic rings. The highest BCUT2D eigenvalue weighted by atomic mass is 32.2. The van der Waals surface area contributed by atoms with E-state index in [1.54, 1.807) is 11.3 Å². The summed E-state index contributed by atoms with van der Waals surface area (Å²) >= 11 is 1.78. The van der Waals surface area contributed by atoms with Crippen LogP contribution in [0, 0.1) is 0 Å². The predicted octanol–water partition coefficient (Wildman–Crippen LogP) is 3.00. The minimum atomic E-state index is -2.93. The molecule has 21 heavy (non-hydrogen) atoms. The highest BCUT2D eigenvalue weighted by molar-refractivity contribution is 7.91. The van der Waals surface area contributed by atoms with E-state index in [9.17, 15) is 8.42 Å². The average Bonchev–Trinajstić information content (AvgIpc) is 3.05. The number of benzene rings is 1. The second-order valence-electron chi connectivity index (χ2n) is 5.87. The van der Waals surface area contributed by atoms with Gasteiger partial charge in [-0.3, -0.25) is 0 Å². The van der Waals surface area contributed by atoms with Gasteiger partial charge in [0.1, 0.15) is 0 Å². The first-order valence-electron chi connectivity index (χ1n) is 7.43. The molecule has 1 N–H and O–H groups in total. The first-order chi connectivity index (χ1) is 10.1. The van der Waals surface area contributed by atoms with E-state index in [-0.39, 0.29) is 11.3 Å². The van der Waals surface area contributed by atoms with Gasteiger partial charge in [-0.25, -0.2) is 8.42 Å². The van der Waals surface area contributed by atoms with Crippen LogP contribution in [0.25, 0.3) is 10.1 Å². The maximum Gasteiger partial charge on any atom is 0.151 e. The Hall–Kier alpha value is -0.910. The molecule has 3 rings (SSSR count). The van der Waals surface area contributed by atoms with Crippen molar-refractivity contribution < 1.29 is 8.42 Å². The summed E-state index contributed by atoms with van der Waals surface area (Å²) in [6, 6.07) is 8.58. The quantitative estimate of drug-likeness (QED) is 0.920. The molecule has 5 heteroatoms. The fourth-order valence-corrected chi connectivity index (χ4v) is 5.71. The van der Waals surface area contributed by atoms with Crippen molar-refractivity contribution in [1.82, 2.24) is 5.32 Å². The van der Waals surface area contributed by atoms with Gasteiger partial charge in [0.05, 0.1) is 5.25 Å². The number of hydrogen-bond donors (Lipinski definition) is 1. The van der Waals surface area contributed by atoms with Crippen molar-refractivity contribution >= 4 is 31.3 Å². The minimum Gasteiger partial charge on any atom is -0.312 e. The fourth-order valence-electron chi connectivity index (χ4n) is 3.29. The lowest BCUT2D eigenvalue weighted by molar-refractivity contribution is 0.511. The number of thiophene rings is 1. The molecule has 114 valence electrons. The number of hydrogen-bond acceptors (Lipinski definition) is 4. The zero-order chi connectivity index (χ0) is 14.9. The largest absolute Gasteiger partial charge is 0.312 e. The van der Waals surface area contributed by atoms with Gasteiger partial charge in [-0.15, -0.1) is 11.3 Å². The van der Waals surface area contributed by atoms with Crippen molar-refractivity contribution in [2.75, 3.05) is 12.8 Å². The van der Waals surface area contributed by atoms with Crippen molar-refractivity contribution in [3.63, 3.8) is 0 Å². The topological polar surface area (TPSA) is 46.2 Å². The van der Waals surface area contributed by atoms with Crippen LogP contribution in [0.2, 0.25) is 0 Å². The minimum absolute atomic E-state index is 0.130. The van der Waals surface area contributed by atoms with Gasteiger partial charge in [-0.05, 0) is 48.2 Å². The van der Waals surface area contributed by atoms with Crippen LogP contribution >= 0.6 is 11.3 Å². The Balaban J connectivity index is 1.61. The molecule has 1 aliphatic rings. The van der Waals surface area contributed by atoms with Gasteiger partial charge < -0.3 is 5.32 Å². The Morgan fingerprint density at radius 3 is 2.90 bits per heavy atom. The molecule has 2 atom stereocenters. The Kier molecular flexibility index (Phi) is 4.33. The van der Waals surface area contributed by atoms with Crippen LogP contribution < -0.4 is 5.32 Å². The van der Waals surface area contributed by atoms with E-state index in [1.165, 1.54) is 21.9 Å². The molecule has 1 saturated carbocycles. The van der Waals surface area contributed by atoms with Gasteiger partial charge >= 0.3 is 0 Å². The van der Waals surface area contributed by atoms with Crippen LogP contribution in [0.4, 0.5) is 0 Å². The molecule has 0 bridgehead atoms. The zero-order valence-corrected chi connectivity index (χ0v) is 13.8. The van der Waals surface area contributed by atoms with Gasteiger partial charge in [0, 0.05) is 17.0 Å². The van der Waals surface area contributed by atoms with E-state index in [4.69, 9.17) is 0 Å². The molecule has 3 nitrogen and oxygen atoms in total. The van der Waals surface area contributed by atoms with Crippen LogP contribution in [-0.4, -0.2) is 32.5 Å².